The van der Waals surface area contributed by atoms with Gasteiger partial charge in [0.05, 0.1) is 19.9 Å². The Hall–Kier alpha value is -2.82. The maximum Gasteiger partial charge on any atom is 0.243 e. The summed E-state index contributed by atoms with van der Waals surface area (Å²) in [6, 6.07) is 14.2. The minimum absolute atomic E-state index is 0.0116. The second-order valence-corrected chi connectivity index (χ2v) is 8.40. The molecular formula is C24H30N2O3. The van der Waals surface area contributed by atoms with E-state index in [4.69, 9.17) is 9.47 Å². The van der Waals surface area contributed by atoms with Crippen LogP contribution in [-0.2, 0) is 10.2 Å². The number of hydrazone groups is 1. The van der Waals surface area contributed by atoms with E-state index < -0.39 is 0 Å². The summed E-state index contributed by atoms with van der Waals surface area (Å²) < 4.78 is 10.8. The minimum atomic E-state index is -0.0373. The highest BCUT2D eigenvalue weighted by molar-refractivity contribution is 5.86. The summed E-state index contributed by atoms with van der Waals surface area (Å²) in [5.41, 5.74) is 6.16. The van der Waals surface area contributed by atoms with Crippen molar-refractivity contribution >= 4 is 12.1 Å². The Kier molecular flexibility index (Phi) is 6.26. The molecule has 0 spiro atoms. The number of methoxy groups -OCH3 is 1. The topological polar surface area (TPSA) is 59.9 Å². The molecule has 5 heteroatoms. The molecule has 0 bridgehead atoms. The predicted molar refractivity (Wildman–Crippen MR) is 116 cm³/mol. The third-order valence-corrected chi connectivity index (χ3v) is 5.21. The van der Waals surface area contributed by atoms with Crippen molar-refractivity contribution < 1.29 is 14.3 Å². The van der Waals surface area contributed by atoms with Crippen LogP contribution in [0.3, 0.4) is 0 Å². The number of carbonyl (C=O) groups excluding carboxylic acids is 1. The Labute approximate surface area is 173 Å². The van der Waals surface area contributed by atoms with E-state index in [1.165, 1.54) is 11.1 Å². The summed E-state index contributed by atoms with van der Waals surface area (Å²) in [5.74, 6) is 1.56. The molecule has 2 aromatic carbocycles. The number of carbonyl (C=O) groups is 1. The second-order valence-electron chi connectivity index (χ2n) is 8.40. The molecule has 0 saturated heterocycles. The average molecular weight is 395 g/mol. The number of hydrogen-bond acceptors (Lipinski definition) is 4. The molecule has 0 aliphatic heterocycles. The fourth-order valence-electron chi connectivity index (χ4n) is 3.38. The lowest BCUT2D eigenvalue weighted by Gasteiger charge is -2.19. The van der Waals surface area contributed by atoms with Gasteiger partial charge in [0.2, 0.25) is 5.91 Å². The molecule has 1 aliphatic rings. The Morgan fingerprint density at radius 3 is 2.52 bits per heavy atom. The molecule has 3 rings (SSSR count). The Balaban J connectivity index is 1.56. The number of ether oxygens (including phenoxy) is 2. The first-order chi connectivity index (χ1) is 13.8. The number of hydrogen-bond donors (Lipinski definition) is 1. The lowest BCUT2D eigenvalue weighted by atomic mass is 9.86. The van der Waals surface area contributed by atoms with Gasteiger partial charge in [-0.2, -0.15) is 5.10 Å². The molecule has 1 fully saturated rings. The van der Waals surface area contributed by atoms with E-state index in [2.05, 4.69) is 55.6 Å². The van der Waals surface area contributed by atoms with Crippen molar-refractivity contribution in [1.29, 1.82) is 0 Å². The average Bonchev–Trinajstić information content (AvgIpc) is 3.49. The molecule has 1 amide bonds. The lowest BCUT2D eigenvalue weighted by molar-refractivity contribution is -0.122. The summed E-state index contributed by atoms with van der Waals surface area (Å²) in [6.07, 6.45) is 2.49. The van der Waals surface area contributed by atoms with Crippen LogP contribution in [0, 0.1) is 5.92 Å². The van der Waals surface area contributed by atoms with Gasteiger partial charge in [0.25, 0.3) is 0 Å². The second kappa shape index (κ2) is 8.68. The number of amides is 1. The van der Waals surface area contributed by atoms with Crippen LogP contribution < -0.4 is 14.9 Å². The van der Waals surface area contributed by atoms with Gasteiger partial charge in [0.1, 0.15) is 0 Å². The van der Waals surface area contributed by atoms with Crippen LogP contribution in [0.5, 0.6) is 11.5 Å². The predicted octanol–water partition coefficient (Wildman–Crippen LogP) is 4.65. The van der Waals surface area contributed by atoms with Gasteiger partial charge in [-0.05, 0) is 59.6 Å². The molecule has 2 atom stereocenters. The van der Waals surface area contributed by atoms with Crippen molar-refractivity contribution in [3.8, 4) is 11.5 Å². The first-order valence-electron chi connectivity index (χ1n) is 10.1. The summed E-state index contributed by atoms with van der Waals surface area (Å²) in [6.45, 7) is 9.07. The smallest absolute Gasteiger partial charge is 0.243 e. The molecule has 2 aromatic rings. The number of nitrogens with one attached hydrogen (secondary N) is 1. The molecule has 5 nitrogen and oxygen atoms in total. The van der Waals surface area contributed by atoms with Gasteiger partial charge in [0.15, 0.2) is 11.5 Å². The van der Waals surface area contributed by atoms with Crippen molar-refractivity contribution in [3.05, 3.63) is 59.2 Å². The van der Waals surface area contributed by atoms with Gasteiger partial charge in [-0.3, -0.25) is 4.79 Å². The van der Waals surface area contributed by atoms with Gasteiger partial charge in [-0.15, -0.1) is 0 Å². The monoisotopic (exact) mass is 394 g/mol. The van der Waals surface area contributed by atoms with Crippen molar-refractivity contribution in [1.82, 2.24) is 5.43 Å². The number of nitrogens with zero attached hydrogens (tertiary/aromatic N) is 1. The van der Waals surface area contributed by atoms with Gasteiger partial charge in [0, 0.05) is 5.92 Å². The highest BCUT2D eigenvalue weighted by Crippen LogP contribution is 2.47. The van der Waals surface area contributed by atoms with Crippen LogP contribution in [0.25, 0.3) is 0 Å². The van der Waals surface area contributed by atoms with Crippen LogP contribution >= 0.6 is 0 Å². The summed E-state index contributed by atoms with van der Waals surface area (Å²) in [4.78, 5) is 12.4. The highest BCUT2D eigenvalue weighted by atomic mass is 16.5. The molecule has 0 radical (unpaired) electrons. The van der Waals surface area contributed by atoms with Gasteiger partial charge in [-0.25, -0.2) is 5.43 Å². The van der Waals surface area contributed by atoms with Crippen molar-refractivity contribution in [2.75, 3.05) is 13.7 Å². The third-order valence-electron chi connectivity index (χ3n) is 5.21. The van der Waals surface area contributed by atoms with E-state index in [1.54, 1.807) is 13.3 Å². The maximum absolute atomic E-state index is 12.4. The largest absolute Gasteiger partial charge is 0.493 e. The van der Waals surface area contributed by atoms with Gasteiger partial charge >= 0.3 is 0 Å². The van der Waals surface area contributed by atoms with Crippen LogP contribution in [0.1, 0.15) is 56.7 Å². The highest BCUT2D eigenvalue weighted by Gasteiger charge is 2.44. The summed E-state index contributed by atoms with van der Waals surface area (Å²) >= 11 is 0. The molecule has 2 unspecified atom stereocenters. The number of rotatable bonds is 7. The first kappa shape index (κ1) is 20.9. The van der Waals surface area contributed by atoms with E-state index in [0.717, 1.165) is 12.0 Å². The fourth-order valence-corrected chi connectivity index (χ4v) is 3.38. The van der Waals surface area contributed by atoms with Crippen molar-refractivity contribution in [3.63, 3.8) is 0 Å². The Bertz CT molecular complexity index is 882. The lowest BCUT2D eigenvalue weighted by Crippen LogP contribution is -2.20. The molecule has 0 aromatic heterocycles. The fraction of sp³-hybridized carbons (Fsp3) is 0.417. The Morgan fingerprint density at radius 2 is 1.90 bits per heavy atom. The minimum Gasteiger partial charge on any atom is -0.493 e. The van der Waals surface area contributed by atoms with Crippen LogP contribution in [0.2, 0.25) is 0 Å². The van der Waals surface area contributed by atoms with Gasteiger partial charge in [-0.1, -0.05) is 45.0 Å². The molecule has 1 saturated carbocycles. The quantitative estimate of drug-likeness (QED) is 0.549. The zero-order valence-electron chi connectivity index (χ0n) is 17.9. The normalized spacial score (nSPS) is 18.5. The van der Waals surface area contributed by atoms with Crippen molar-refractivity contribution in [2.24, 2.45) is 11.0 Å². The summed E-state index contributed by atoms with van der Waals surface area (Å²) in [5, 5.41) is 4.11. The maximum atomic E-state index is 12.4. The van der Waals surface area contributed by atoms with E-state index in [9.17, 15) is 4.79 Å². The van der Waals surface area contributed by atoms with Gasteiger partial charge < -0.3 is 9.47 Å². The molecule has 29 heavy (non-hydrogen) atoms. The zero-order valence-corrected chi connectivity index (χ0v) is 17.9. The van der Waals surface area contributed by atoms with E-state index in [0.29, 0.717) is 18.1 Å². The number of benzene rings is 2. The van der Waals surface area contributed by atoms with Crippen LogP contribution in [0.15, 0.2) is 47.6 Å². The Morgan fingerprint density at radius 1 is 1.17 bits per heavy atom. The van der Waals surface area contributed by atoms with E-state index >= 15 is 0 Å². The van der Waals surface area contributed by atoms with E-state index in [-0.39, 0.29) is 23.2 Å². The third kappa shape index (κ3) is 5.17. The molecule has 1 aliphatic carbocycles. The molecule has 154 valence electrons. The molecule has 0 heterocycles. The molecular weight excluding hydrogens is 364 g/mol. The first-order valence-corrected chi connectivity index (χ1v) is 10.1. The zero-order chi connectivity index (χ0) is 21.0. The van der Waals surface area contributed by atoms with Crippen LogP contribution in [0.4, 0.5) is 0 Å². The van der Waals surface area contributed by atoms with E-state index in [1.807, 2.05) is 25.1 Å². The SMILES string of the molecule is CCOc1cc(/C=N\NC(=O)C2CC2c2ccc(C(C)(C)C)cc2)ccc1OC. The summed E-state index contributed by atoms with van der Waals surface area (Å²) in [7, 11) is 1.61. The standard InChI is InChI=1S/C24H30N2O3/c1-6-29-22-13-16(7-12-21(22)28-5)15-25-26-23(27)20-14-19(20)17-8-10-18(11-9-17)24(2,3)4/h7-13,15,19-20H,6,14H2,1-5H3,(H,26,27)/b25-15-. The van der Waals surface area contributed by atoms with Crippen LogP contribution in [-0.4, -0.2) is 25.8 Å². The molecule has 1 N–H and O–H groups in total. The van der Waals surface area contributed by atoms with Crippen molar-refractivity contribution in [2.45, 2.75) is 45.4 Å².